The summed E-state index contributed by atoms with van der Waals surface area (Å²) in [6.45, 7) is 1.67. The molecule has 0 unspecified atom stereocenters. The fourth-order valence-corrected chi connectivity index (χ4v) is 4.82. The quantitative estimate of drug-likeness (QED) is 0.877. The lowest BCUT2D eigenvalue weighted by Gasteiger charge is -2.07. The second-order valence-corrected chi connectivity index (χ2v) is 7.26. The van der Waals surface area contributed by atoms with Crippen molar-refractivity contribution in [3.05, 3.63) is 32.4 Å². The molecule has 98 valence electrons. The van der Waals surface area contributed by atoms with Crippen LogP contribution in [0.25, 0.3) is 0 Å². The monoisotopic (exact) mass is 304 g/mol. The Balaban J connectivity index is 2.22. The van der Waals surface area contributed by atoms with Crippen LogP contribution in [0, 0.1) is 6.92 Å². The van der Waals surface area contributed by atoms with Gasteiger partial charge in [0.15, 0.2) is 0 Å². The van der Waals surface area contributed by atoms with E-state index in [0.717, 1.165) is 4.88 Å². The number of aliphatic hydroxyl groups excluding tert-OH is 1. The van der Waals surface area contributed by atoms with Gasteiger partial charge in [-0.3, -0.25) is 4.98 Å². The lowest BCUT2D eigenvalue weighted by Crippen LogP contribution is -2.24. The van der Waals surface area contributed by atoms with Gasteiger partial charge in [0.05, 0.1) is 17.0 Å². The van der Waals surface area contributed by atoms with Crippen molar-refractivity contribution in [1.82, 2.24) is 9.71 Å². The van der Waals surface area contributed by atoms with Gasteiger partial charge in [-0.25, -0.2) is 13.1 Å². The Labute approximate surface area is 113 Å². The third-order valence-electron chi connectivity index (χ3n) is 2.32. The van der Waals surface area contributed by atoms with E-state index in [9.17, 15) is 8.42 Å². The molecule has 0 bridgehead atoms. The summed E-state index contributed by atoms with van der Waals surface area (Å²) in [6, 6.07) is 0. The van der Waals surface area contributed by atoms with E-state index in [1.54, 1.807) is 24.0 Å². The molecule has 2 heterocycles. The van der Waals surface area contributed by atoms with Crippen LogP contribution >= 0.6 is 22.7 Å². The number of thiazole rings is 1. The summed E-state index contributed by atoms with van der Waals surface area (Å²) in [6.07, 6.45) is 1.63. The molecule has 0 aliphatic rings. The maximum atomic E-state index is 12.2. The van der Waals surface area contributed by atoms with Gasteiger partial charge in [-0.1, -0.05) is 0 Å². The minimum absolute atomic E-state index is 0.194. The SMILES string of the molecule is Cc1csc(CO)c1S(=O)(=O)NCc1cncs1. The Kier molecular flexibility index (Phi) is 4.13. The number of rotatable bonds is 5. The summed E-state index contributed by atoms with van der Waals surface area (Å²) in [5.41, 5.74) is 2.30. The third kappa shape index (κ3) is 2.78. The molecule has 0 amide bonds. The van der Waals surface area contributed by atoms with E-state index in [2.05, 4.69) is 9.71 Å². The molecule has 0 aliphatic heterocycles. The number of sulfonamides is 1. The van der Waals surface area contributed by atoms with E-state index in [-0.39, 0.29) is 18.0 Å². The minimum atomic E-state index is -3.59. The topological polar surface area (TPSA) is 79.3 Å². The lowest BCUT2D eigenvalue weighted by molar-refractivity contribution is 0.282. The first-order chi connectivity index (χ1) is 8.54. The molecule has 8 heteroatoms. The van der Waals surface area contributed by atoms with Crippen molar-refractivity contribution in [1.29, 1.82) is 0 Å². The fourth-order valence-electron chi connectivity index (χ4n) is 1.53. The summed E-state index contributed by atoms with van der Waals surface area (Å²) in [4.78, 5) is 5.38. The van der Waals surface area contributed by atoms with Gasteiger partial charge >= 0.3 is 0 Å². The van der Waals surface area contributed by atoms with Crippen LogP contribution < -0.4 is 4.72 Å². The molecular formula is C10H12N2O3S3. The molecule has 2 N–H and O–H groups in total. The first-order valence-corrected chi connectivity index (χ1v) is 8.33. The van der Waals surface area contributed by atoms with Gasteiger partial charge in [0, 0.05) is 17.6 Å². The second-order valence-electron chi connectivity index (χ2n) is 3.62. The molecule has 2 rings (SSSR count). The summed E-state index contributed by atoms with van der Waals surface area (Å²) in [5, 5.41) is 10.9. The highest BCUT2D eigenvalue weighted by atomic mass is 32.2. The zero-order valence-electron chi connectivity index (χ0n) is 9.58. The zero-order chi connectivity index (χ0) is 13.2. The van der Waals surface area contributed by atoms with Gasteiger partial charge < -0.3 is 5.11 Å². The van der Waals surface area contributed by atoms with Crippen LogP contribution in [0.5, 0.6) is 0 Å². The van der Waals surface area contributed by atoms with Gasteiger partial charge in [-0.05, 0) is 17.9 Å². The number of aliphatic hydroxyl groups is 1. The zero-order valence-corrected chi connectivity index (χ0v) is 12.0. The maximum absolute atomic E-state index is 12.2. The summed E-state index contributed by atoms with van der Waals surface area (Å²) in [7, 11) is -3.59. The fraction of sp³-hybridized carbons (Fsp3) is 0.300. The minimum Gasteiger partial charge on any atom is -0.391 e. The van der Waals surface area contributed by atoms with Gasteiger partial charge in [-0.2, -0.15) is 0 Å². The van der Waals surface area contributed by atoms with Crippen LogP contribution in [0.1, 0.15) is 15.3 Å². The van der Waals surface area contributed by atoms with Gasteiger partial charge in [0.1, 0.15) is 4.90 Å². The van der Waals surface area contributed by atoms with Crippen LogP contribution in [0.4, 0.5) is 0 Å². The average molecular weight is 304 g/mol. The Morgan fingerprint density at radius 2 is 2.22 bits per heavy atom. The van der Waals surface area contributed by atoms with Gasteiger partial charge in [0.25, 0.3) is 0 Å². The second kappa shape index (κ2) is 5.45. The molecule has 0 fully saturated rings. The van der Waals surface area contributed by atoms with E-state index >= 15 is 0 Å². The number of nitrogens with zero attached hydrogens (tertiary/aromatic N) is 1. The first-order valence-electron chi connectivity index (χ1n) is 5.09. The molecule has 0 saturated carbocycles. The average Bonchev–Trinajstić information content (AvgIpc) is 2.95. The Hall–Kier alpha value is -0.800. The summed E-state index contributed by atoms with van der Waals surface area (Å²) in [5.74, 6) is 0. The smallest absolute Gasteiger partial charge is 0.242 e. The van der Waals surface area contributed by atoms with Crippen LogP contribution in [0.3, 0.4) is 0 Å². The molecule has 0 spiro atoms. The van der Waals surface area contributed by atoms with Crippen molar-refractivity contribution in [2.45, 2.75) is 25.0 Å². The Morgan fingerprint density at radius 3 is 2.83 bits per heavy atom. The van der Waals surface area contributed by atoms with E-state index < -0.39 is 10.0 Å². The van der Waals surface area contributed by atoms with Crippen molar-refractivity contribution < 1.29 is 13.5 Å². The van der Waals surface area contributed by atoms with Gasteiger partial charge in [-0.15, -0.1) is 22.7 Å². The van der Waals surface area contributed by atoms with Crippen molar-refractivity contribution >= 4 is 32.7 Å². The van der Waals surface area contributed by atoms with Crippen LogP contribution in [-0.2, 0) is 23.2 Å². The third-order valence-corrected chi connectivity index (χ3v) is 5.95. The number of hydrogen-bond acceptors (Lipinski definition) is 6. The summed E-state index contributed by atoms with van der Waals surface area (Å²) < 4.78 is 26.8. The number of nitrogens with one attached hydrogen (secondary N) is 1. The molecule has 5 nitrogen and oxygen atoms in total. The van der Waals surface area contributed by atoms with Crippen LogP contribution in [0.15, 0.2) is 22.0 Å². The highest BCUT2D eigenvalue weighted by Crippen LogP contribution is 2.26. The molecule has 0 aromatic carbocycles. The first kappa shape index (κ1) is 13.6. The molecule has 0 radical (unpaired) electrons. The molecule has 18 heavy (non-hydrogen) atoms. The highest BCUT2D eigenvalue weighted by Gasteiger charge is 2.22. The van der Waals surface area contributed by atoms with Crippen molar-refractivity contribution in [3.63, 3.8) is 0 Å². The predicted molar refractivity (Wildman–Crippen MR) is 71.1 cm³/mol. The molecule has 0 aliphatic carbocycles. The Morgan fingerprint density at radius 1 is 1.44 bits per heavy atom. The van der Waals surface area contributed by atoms with E-state index in [1.807, 2.05) is 0 Å². The molecule has 2 aromatic heterocycles. The van der Waals surface area contributed by atoms with Gasteiger partial charge in [0.2, 0.25) is 10.0 Å². The standard InChI is InChI=1S/C10H12N2O3S3/c1-7-5-16-9(4-13)10(7)18(14,15)12-3-8-2-11-6-17-8/h2,5-6,12-13H,3-4H2,1H3. The largest absolute Gasteiger partial charge is 0.391 e. The Bertz CT molecular complexity index is 617. The van der Waals surface area contributed by atoms with E-state index in [4.69, 9.17) is 5.11 Å². The van der Waals surface area contributed by atoms with Crippen molar-refractivity contribution in [2.75, 3.05) is 0 Å². The van der Waals surface area contributed by atoms with Crippen LogP contribution in [-0.4, -0.2) is 18.5 Å². The molecule has 0 saturated heterocycles. The van der Waals surface area contributed by atoms with Crippen molar-refractivity contribution in [2.24, 2.45) is 0 Å². The normalized spacial score (nSPS) is 11.9. The highest BCUT2D eigenvalue weighted by molar-refractivity contribution is 7.89. The maximum Gasteiger partial charge on any atom is 0.242 e. The number of hydrogen-bond donors (Lipinski definition) is 2. The van der Waals surface area contributed by atoms with Crippen molar-refractivity contribution in [3.8, 4) is 0 Å². The lowest BCUT2D eigenvalue weighted by atomic mass is 10.3. The molecular weight excluding hydrogens is 292 g/mol. The number of aromatic nitrogens is 1. The predicted octanol–water partition coefficient (Wildman–Crippen LogP) is 1.48. The molecule has 0 atom stereocenters. The van der Waals surface area contributed by atoms with Crippen LogP contribution in [0.2, 0.25) is 0 Å². The summed E-state index contributed by atoms with van der Waals surface area (Å²) >= 11 is 2.64. The molecule has 2 aromatic rings. The number of thiophene rings is 1. The van der Waals surface area contributed by atoms with E-state index in [0.29, 0.717) is 10.4 Å². The van der Waals surface area contributed by atoms with E-state index in [1.165, 1.54) is 22.7 Å². The number of aryl methyl sites for hydroxylation is 1.